The molecule has 0 amide bonds. The van der Waals surface area contributed by atoms with Crippen LogP contribution in [0.1, 0.15) is 5.69 Å². The van der Waals surface area contributed by atoms with Gasteiger partial charge in [-0.25, -0.2) is 13.4 Å². The number of aromatic nitrogens is 1. The van der Waals surface area contributed by atoms with E-state index in [0.29, 0.717) is 5.69 Å². The smallest absolute Gasteiger partial charge is 0.273 e. The van der Waals surface area contributed by atoms with Crippen molar-refractivity contribution in [1.82, 2.24) is 4.98 Å². The Hall–Kier alpha value is -0.530. The molecule has 0 unspecified atom stereocenters. The van der Waals surface area contributed by atoms with E-state index in [1.807, 2.05) is 0 Å². The van der Waals surface area contributed by atoms with Gasteiger partial charge in [0.25, 0.3) is 10.0 Å². The van der Waals surface area contributed by atoms with Crippen LogP contribution in [0.3, 0.4) is 0 Å². The fourth-order valence-corrected chi connectivity index (χ4v) is 4.59. The van der Waals surface area contributed by atoms with Crippen LogP contribution in [0.25, 0.3) is 0 Å². The molecule has 2 aromatic rings. The van der Waals surface area contributed by atoms with E-state index in [1.54, 1.807) is 19.1 Å². The number of hydrogen-bond acceptors (Lipinski definition) is 4. The molecule has 1 N–H and O–H groups in total. The minimum Gasteiger partial charge on any atom is -0.277 e. The number of aryl methyl sites for hydroxylation is 1. The lowest BCUT2D eigenvalue weighted by atomic mass is 10.3. The number of anilines is 1. The molecule has 2 rings (SSSR count). The van der Waals surface area contributed by atoms with Crippen molar-refractivity contribution in [3.05, 3.63) is 38.4 Å². The van der Waals surface area contributed by atoms with Gasteiger partial charge in [-0.3, -0.25) is 4.72 Å². The molecule has 0 aliphatic rings. The monoisotopic (exact) mass is 356 g/mol. The van der Waals surface area contributed by atoms with Crippen molar-refractivity contribution in [1.29, 1.82) is 0 Å². The summed E-state index contributed by atoms with van der Waals surface area (Å²) in [5.74, 6) is 0. The predicted molar refractivity (Wildman–Crippen MR) is 79.1 cm³/mol. The van der Waals surface area contributed by atoms with E-state index in [1.165, 1.54) is 6.07 Å². The summed E-state index contributed by atoms with van der Waals surface area (Å²) in [7, 11) is -3.78. The molecular formula is C10H7Cl3N2O2S2. The molecule has 0 aliphatic carbocycles. The number of rotatable bonds is 3. The van der Waals surface area contributed by atoms with E-state index in [4.69, 9.17) is 34.8 Å². The van der Waals surface area contributed by atoms with Crippen molar-refractivity contribution in [3.8, 4) is 0 Å². The first-order valence-corrected chi connectivity index (χ1v) is 8.34. The second kappa shape index (κ2) is 5.46. The Bertz CT molecular complexity index is 728. The third-order valence-electron chi connectivity index (χ3n) is 2.17. The molecule has 0 radical (unpaired) electrons. The maximum Gasteiger partial charge on any atom is 0.273 e. The molecule has 0 aliphatic heterocycles. The Balaban J connectivity index is 2.42. The van der Waals surface area contributed by atoms with Gasteiger partial charge in [-0.05, 0) is 19.1 Å². The van der Waals surface area contributed by atoms with Gasteiger partial charge in [-0.15, -0.1) is 0 Å². The molecule has 0 saturated heterocycles. The van der Waals surface area contributed by atoms with Crippen LogP contribution in [0.15, 0.2) is 22.4 Å². The fourth-order valence-electron chi connectivity index (χ4n) is 1.37. The summed E-state index contributed by atoms with van der Waals surface area (Å²) in [4.78, 5) is 3.86. The lowest BCUT2D eigenvalue weighted by molar-refractivity contribution is 0.602. The second-order valence-electron chi connectivity index (χ2n) is 3.55. The molecule has 102 valence electrons. The van der Waals surface area contributed by atoms with E-state index < -0.39 is 10.0 Å². The van der Waals surface area contributed by atoms with Crippen molar-refractivity contribution in [3.63, 3.8) is 0 Å². The van der Waals surface area contributed by atoms with Crippen LogP contribution in [0.4, 0.5) is 5.69 Å². The van der Waals surface area contributed by atoms with Gasteiger partial charge in [0.2, 0.25) is 0 Å². The maximum absolute atomic E-state index is 12.2. The van der Waals surface area contributed by atoms with E-state index >= 15 is 0 Å². The minimum atomic E-state index is -3.78. The highest BCUT2D eigenvalue weighted by molar-refractivity contribution is 7.94. The number of benzene rings is 1. The first-order chi connectivity index (χ1) is 8.81. The maximum atomic E-state index is 12.2. The highest BCUT2D eigenvalue weighted by Gasteiger charge is 2.22. The van der Waals surface area contributed by atoms with Crippen LogP contribution < -0.4 is 4.72 Å². The number of nitrogens with zero attached hydrogens (tertiary/aromatic N) is 1. The van der Waals surface area contributed by atoms with Crippen LogP contribution in [-0.2, 0) is 10.0 Å². The van der Waals surface area contributed by atoms with Crippen molar-refractivity contribution in [2.45, 2.75) is 11.1 Å². The Morgan fingerprint density at radius 3 is 2.53 bits per heavy atom. The van der Waals surface area contributed by atoms with Gasteiger partial charge in [0.15, 0.2) is 8.68 Å². The quantitative estimate of drug-likeness (QED) is 0.895. The molecule has 4 nitrogen and oxygen atoms in total. The largest absolute Gasteiger partial charge is 0.277 e. The molecule has 1 heterocycles. The third-order valence-corrected chi connectivity index (χ3v) is 6.22. The number of nitrogens with one attached hydrogen (secondary N) is 1. The Morgan fingerprint density at radius 1 is 1.26 bits per heavy atom. The number of thiazole rings is 1. The van der Waals surface area contributed by atoms with E-state index in [9.17, 15) is 8.42 Å². The standard InChI is InChI=1S/C10H7Cl3N2O2S2/c1-5-9(18-10(13)14-5)19(16,17)15-7-4-2-3-6(11)8(7)12/h2-4,15H,1H3. The summed E-state index contributed by atoms with van der Waals surface area (Å²) in [6.07, 6.45) is 0. The third kappa shape index (κ3) is 3.14. The Labute approximate surface area is 129 Å². The van der Waals surface area contributed by atoms with Gasteiger partial charge in [0.1, 0.15) is 0 Å². The van der Waals surface area contributed by atoms with Crippen molar-refractivity contribution >= 4 is 61.9 Å². The van der Waals surface area contributed by atoms with Crippen LogP contribution in [0, 0.1) is 6.92 Å². The van der Waals surface area contributed by atoms with E-state index in [2.05, 4.69) is 9.71 Å². The van der Waals surface area contributed by atoms with E-state index in [-0.39, 0.29) is 24.4 Å². The number of halogens is 3. The summed E-state index contributed by atoms with van der Waals surface area (Å²) >= 11 is 18.3. The average molecular weight is 358 g/mol. The van der Waals surface area contributed by atoms with Crippen molar-refractivity contribution in [2.75, 3.05) is 4.72 Å². The molecule has 0 bridgehead atoms. The van der Waals surface area contributed by atoms with Gasteiger partial charge in [0, 0.05) is 0 Å². The summed E-state index contributed by atoms with van der Waals surface area (Å²) in [6, 6.07) is 4.68. The highest BCUT2D eigenvalue weighted by atomic mass is 35.5. The molecule has 9 heteroatoms. The molecule has 1 aromatic carbocycles. The molecule has 0 fully saturated rings. The lowest BCUT2D eigenvalue weighted by Gasteiger charge is -2.09. The normalized spacial score (nSPS) is 11.6. The second-order valence-corrected chi connectivity index (χ2v) is 7.79. The molecule has 19 heavy (non-hydrogen) atoms. The SMILES string of the molecule is Cc1nc(Cl)sc1S(=O)(=O)Nc1cccc(Cl)c1Cl. The molecule has 0 spiro atoms. The van der Waals surface area contributed by atoms with Gasteiger partial charge in [-0.1, -0.05) is 52.2 Å². The zero-order chi connectivity index (χ0) is 14.2. The molecule has 1 aromatic heterocycles. The average Bonchev–Trinajstić information content (AvgIpc) is 2.65. The van der Waals surface area contributed by atoms with Gasteiger partial charge in [-0.2, -0.15) is 0 Å². The topological polar surface area (TPSA) is 59.1 Å². The first kappa shape index (κ1) is 14.9. The summed E-state index contributed by atoms with van der Waals surface area (Å²) < 4.78 is 27.0. The molecular weight excluding hydrogens is 351 g/mol. The fraction of sp³-hybridized carbons (Fsp3) is 0.100. The lowest BCUT2D eigenvalue weighted by Crippen LogP contribution is -2.13. The zero-order valence-electron chi connectivity index (χ0n) is 9.45. The summed E-state index contributed by atoms with van der Waals surface area (Å²) in [5.41, 5.74) is 0.540. The van der Waals surface area contributed by atoms with Crippen molar-refractivity contribution in [2.24, 2.45) is 0 Å². The minimum absolute atomic E-state index is 0.0496. The van der Waals surface area contributed by atoms with Gasteiger partial charge in [0.05, 0.1) is 21.4 Å². The van der Waals surface area contributed by atoms with Crippen LogP contribution in [0.5, 0.6) is 0 Å². The Kier molecular flexibility index (Phi) is 4.27. The molecule has 0 atom stereocenters. The molecule has 0 saturated carbocycles. The number of sulfonamides is 1. The zero-order valence-corrected chi connectivity index (χ0v) is 13.3. The number of hydrogen-bond donors (Lipinski definition) is 1. The van der Waals surface area contributed by atoms with Crippen LogP contribution >= 0.6 is 46.1 Å². The predicted octanol–water partition coefficient (Wildman–Crippen LogP) is 4.21. The highest BCUT2D eigenvalue weighted by Crippen LogP contribution is 2.33. The summed E-state index contributed by atoms with van der Waals surface area (Å²) in [6.45, 7) is 1.57. The first-order valence-electron chi connectivity index (χ1n) is 4.91. The van der Waals surface area contributed by atoms with E-state index in [0.717, 1.165) is 11.3 Å². The summed E-state index contributed by atoms with van der Waals surface area (Å²) in [5, 5.41) is 0.405. The van der Waals surface area contributed by atoms with Gasteiger partial charge < -0.3 is 0 Å². The van der Waals surface area contributed by atoms with Crippen LogP contribution in [-0.4, -0.2) is 13.4 Å². The van der Waals surface area contributed by atoms with Gasteiger partial charge >= 0.3 is 0 Å². The van der Waals surface area contributed by atoms with Crippen molar-refractivity contribution < 1.29 is 8.42 Å². The van der Waals surface area contributed by atoms with Crippen LogP contribution in [0.2, 0.25) is 14.5 Å². The Morgan fingerprint density at radius 2 is 1.95 bits per heavy atom.